The SMILES string of the molecule is COc1cccc(COc2ccccc2CN(CC[C@H](N)C(=O)O)Cc2ccccc2Oc2cccc(F)c2)c1. The first-order valence-electron chi connectivity index (χ1n) is 13.0. The van der Waals surface area contributed by atoms with Gasteiger partial charge in [-0.3, -0.25) is 9.69 Å². The van der Waals surface area contributed by atoms with Gasteiger partial charge in [-0.15, -0.1) is 0 Å². The average Bonchev–Trinajstić information content (AvgIpc) is 2.96. The number of carboxylic acid groups (broad SMARTS) is 1. The first-order valence-corrected chi connectivity index (χ1v) is 13.0. The highest BCUT2D eigenvalue weighted by Crippen LogP contribution is 2.29. The molecule has 0 unspecified atom stereocenters. The normalized spacial score (nSPS) is 11.7. The molecule has 1 atom stereocenters. The fraction of sp³-hybridized carbons (Fsp3) is 0.219. The smallest absolute Gasteiger partial charge is 0.320 e. The lowest BCUT2D eigenvalue weighted by atomic mass is 10.1. The Balaban J connectivity index is 1.54. The zero-order valence-corrected chi connectivity index (χ0v) is 22.3. The van der Waals surface area contributed by atoms with Crippen molar-refractivity contribution in [1.29, 1.82) is 0 Å². The molecule has 0 aliphatic rings. The molecule has 40 heavy (non-hydrogen) atoms. The van der Waals surface area contributed by atoms with Crippen molar-refractivity contribution in [2.24, 2.45) is 5.73 Å². The number of nitrogens with two attached hydrogens (primary N) is 1. The number of hydrogen-bond donors (Lipinski definition) is 2. The minimum Gasteiger partial charge on any atom is -0.497 e. The molecule has 0 heterocycles. The van der Waals surface area contributed by atoms with Crippen LogP contribution in [0.5, 0.6) is 23.0 Å². The standard InChI is InChI=1S/C32H33FN2O5/c1-38-27-12-6-8-23(18-27)22-39-30-14-4-2-9-24(30)20-35(17-16-29(34)32(36)37)21-25-10-3-5-15-31(25)40-28-13-7-11-26(33)19-28/h2-15,18-19,29H,16-17,20-22,34H2,1H3,(H,36,37)/t29-/m0/s1. The Morgan fingerprint density at radius 1 is 0.875 bits per heavy atom. The van der Waals surface area contributed by atoms with E-state index >= 15 is 0 Å². The summed E-state index contributed by atoms with van der Waals surface area (Å²) in [6, 6.07) is 28.0. The van der Waals surface area contributed by atoms with Crippen molar-refractivity contribution >= 4 is 5.97 Å². The third-order valence-corrected chi connectivity index (χ3v) is 6.36. The summed E-state index contributed by atoms with van der Waals surface area (Å²) in [6.45, 7) is 1.71. The first kappa shape index (κ1) is 28.6. The highest BCUT2D eigenvalue weighted by molar-refractivity contribution is 5.73. The highest BCUT2D eigenvalue weighted by Gasteiger charge is 2.18. The molecule has 4 aromatic carbocycles. The second-order valence-corrected chi connectivity index (χ2v) is 9.36. The summed E-state index contributed by atoms with van der Waals surface area (Å²) in [5.74, 6) is 1.03. The molecule has 4 aromatic rings. The third-order valence-electron chi connectivity index (χ3n) is 6.36. The maximum atomic E-state index is 13.7. The van der Waals surface area contributed by atoms with Gasteiger partial charge in [0.05, 0.1) is 7.11 Å². The number of carbonyl (C=O) groups is 1. The molecule has 0 spiro atoms. The van der Waals surface area contributed by atoms with Crippen LogP contribution in [0.4, 0.5) is 4.39 Å². The fourth-order valence-electron chi connectivity index (χ4n) is 4.23. The van der Waals surface area contributed by atoms with Crippen LogP contribution in [0.3, 0.4) is 0 Å². The summed E-state index contributed by atoms with van der Waals surface area (Å²) in [6.07, 6.45) is 0.259. The van der Waals surface area contributed by atoms with E-state index in [4.69, 9.17) is 19.9 Å². The van der Waals surface area contributed by atoms with Gasteiger partial charge < -0.3 is 25.1 Å². The number of hydrogen-bond acceptors (Lipinski definition) is 6. The van der Waals surface area contributed by atoms with E-state index in [0.717, 1.165) is 28.2 Å². The second-order valence-electron chi connectivity index (χ2n) is 9.36. The Hall–Kier alpha value is -4.40. The van der Waals surface area contributed by atoms with Gasteiger partial charge in [0.15, 0.2) is 0 Å². The van der Waals surface area contributed by atoms with E-state index in [0.29, 0.717) is 37.7 Å². The molecule has 0 radical (unpaired) electrons. The number of methoxy groups -OCH3 is 1. The summed E-state index contributed by atoms with van der Waals surface area (Å²) in [5.41, 5.74) is 8.62. The van der Waals surface area contributed by atoms with E-state index in [-0.39, 0.29) is 12.2 Å². The van der Waals surface area contributed by atoms with Gasteiger partial charge in [0.2, 0.25) is 0 Å². The molecule has 0 fully saturated rings. The molecule has 7 nitrogen and oxygen atoms in total. The molecule has 0 aliphatic carbocycles. The van der Waals surface area contributed by atoms with Gasteiger partial charge in [-0.2, -0.15) is 0 Å². The minimum atomic E-state index is -1.04. The number of ether oxygens (including phenoxy) is 3. The molecule has 0 saturated carbocycles. The van der Waals surface area contributed by atoms with Crippen LogP contribution in [0.2, 0.25) is 0 Å². The number of nitrogens with zero attached hydrogens (tertiary/aromatic N) is 1. The average molecular weight is 545 g/mol. The summed E-state index contributed by atoms with van der Waals surface area (Å²) in [7, 11) is 1.63. The van der Waals surface area contributed by atoms with Gasteiger partial charge in [-0.25, -0.2) is 4.39 Å². The Kier molecular flexibility index (Phi) is 10.1. The summed E-state index contributed by atoms with van der Waals surface area (Å²) >= 11 is 0. The van der Waals surface area contributed by atoms with Crippen molar-refractivity contribution in [3.8, 4) is 23.0 Å². The van der Waals surface area contributed by atoms with Crippen molar-refractivity contribution in [3.63, 3.8) is 0 Å². The molecular formula is C32H33FN2O5. The van der Waals surface area contributed by atoms with E-state index in [1.165, 1.54) is 12.1 Å². The van der Waals surface area contributed by atoms with E-state index in [2.05, 4.69) is 4.90 Å². The predicted molar refractivity (Wildman–Crippen MR) is 151 cm³/mol. The Morgan fingerprint density at radius 2 is 1.52 bits per heavy atom. The largest absolute Gasteiger partial charge is 0.497 e. The van der Waals surface area contributed by atoms with Crippen molar-refractivity contribution in [2.45, 2.75) is 32.2 Å². The van der Waals surface area contributed by atoms with Crippen molar-refractivity contribution < 1.29 is 28.5 Å². The maximum absolute atomic E-state index is 13.7. The lowest BCUT2D eigenvalue weighted by molar-refractivity contribution is -0.138. The van der Waals surface area contributed by atoms with Gasteiger partial charge in [-0.05, 0) is 48.4 Å². The molecule has 4 rings (SSSR count). The summed E-state index contributed by atoms with van der Waals surface area (Å²) in [4.78, 5) is 13.5. The number of aliphatic carboxylic acids is 1. The van der Waals surface area contributed by atoms with Crippen LogP contribution in [-0.4, -0.2) is 35.7 Å². The molecule has 0 aliphatic heterocycles. The Labute approximate surface area is 233 Å². The third kappa shape index (κ3) is 8.30. The molecule has 3 N–H and O–H groups in total. The van der Waals surface area contributed by atoms with Crippen LogP contribution in [0.15, 0.2) is 97.1 Å². The predicted octanol–water partition coefficient (Wildman–Crippen LogP) is 6.01. The zero-order chi connectivity index (χ0) is 28.3. The topological polar surface area (TPSA) is 94.2 Å². The molecule has 8 heteroatoms. The maximum Gasteiger partial charge on any atom is 0.320 e. The summed E-state index contributed by atoms with van der Waals surface area (Å²) < 4.78 is 31.3. The van der Waals surface area contributed by atoms with Crippen LogP contribution in [0.25, 0.3) is 0 Å². The Morgan fingerprint density at radius 3 is 2.23 bits per heavy atom. The minimum absolute atomic E-state index is 0.259. The number of carboxylic acids is 1. The molecule has 0 amide bonds. The van der Waals surface area contributed by atoms with Crippen molar-refractivity contribution in [2.75, 3.05) is 13.7 Å². The van der Waals surface area contributed by atoms with E-state index < -0.39 is 12.0 Å². The summed E-state index contributed by atoms with van der Waals surface area (Å²) in [5, 5.41) is 9.34. The van der Waals surface area contributed by atoms with Crippen molar-refractivity contribution in [1.82, 2.24) is 4.90 Å². The van der Waals surface area contributed by atoms with Crippen molar-refractivity contribution in [3.05, 3.63) is 120 Å². The van der Waals surface area contributed by atoms with E-state index in [1.807, 2.05) is 72.8 Å². The molecule has 0 aromatic heterocycles. The zero-order valence-electron chi connectivity index (χ0n) is 22.3. The highest BCUT2D eigenvalue weighted by atomic mass is 19.1. The molecule has 208 valence electrons. The quantitative estimate of drug-likeness (QED) is 0.201. The van der Waals surface area contributed by atoms with Gasteiger partial charge in [0, 0.05) is 36.8 Å². The number of halogens is 1. The lowest BCUT2D eigenvalue weighted by Crippen LogP contribution is -2.35. The van der Waals surface area contributed by atoms with Crippen LogP contribution in [0, 0.1) is 5.82 Å². The fourth-order valence-corrected chi connectivity index (χ4v) is 4.23. The number of para-hydroxylation sites is 2. The molecule has 0 saturated heterocycles. The number of rotatable bonds is 14. The van der Waals surface area contributed by atoms with Crippen LogP contribution in [-0.2, 0) is 24.5 Å². The molecule has 0 bridgehead atoms. The van der Waals surface area contributed by atoms with Crippen LogP contribution in [0.1, 0.15) is 23.1 Å². The van der Waals surface area contributed by atoms with Gasteiger partial charge in [0.1, 0.15) is 41.5 Å². The van der Waals surface area contributed by atoms with Crippen LogP contribution < -0.4 is 19.9 Å². The monoisotopic (exact) mass is 544 g/mol. The molecular weight excluding hydrogens is 511 g/mol. The first-order chi connectivity index (χ1) is 19.4. The van der Waals surface area contributed by atoms with E-state index in [9.17, 15) is 14.3 Å². The van der Waals surface area contributed by atoms with E-state index in [1.54, 1.807) is 19.2 Å². The lowest BCUT2D eigenvalue weighted by Gasteiger charge is -2.25. The number of benzene rings is 4. The van der Waals surface area contributed by atoms with Gasteiger partial charge >= 0.3 is 5.97 Å². The van der Waals surface area contributed by atoms with Gasteiger partial charge in [0.25, 0.3) is 0 Å². The van der Waals surface area contributed by atoms with Gasteiger partial charge in [-0.1, -0.05) is 54.6 Å². The van der Waals surface area contributed by atoms with Crippen LogP contribution >= 0.6 is 0 Å². The Bertz CT molecular complexity index is 1410. The second kappa shape index (κ2) is 14.1.